The average molecular weight is 263 g/mol. The minimum Gasteiger partial charge on any atom is -0.454 e. The van der Waals surface area contributed by atoms with E-state index >= 15 is 0 Å². The fourth-order valence-corrected chi connectivity index (χ4v) is 1.45. The lowest BCUT2D eigenvalue weighted by Crippen LogP contribution is -2.37. The van der Waals surface area contributed by atoms with E-state index in [4.69, 9.17) is 9.47 Å². The molecule has 0 aliphatic carbocycles. The van der Waals surface area contributed by atoms with E-state index in [1.807, 2.05) is 0 Å². The maximum atomic E-state index is 11.2. The number of hydrogen-bond acceptors (Lipinski definition) is 5. The molecule has 0 spiro atoms. The first kappa shape index (κ1) is 12.9. The van der Waals surface area contributed by atoms with Crippen LogP contribution in [0.15, 0.2) is 23.3 Å². The van der Waals surface area contributed by atoms with E-state index in [1.165, 1.54) is 6.21 Å². The quantitative estimate of drug-likeness (QED) is 0.456. The highest BCUT2D eigenvalue weighted by Gasteiger charge is 2.13. The molecule has 0 saturated carbocycles. The zero-order valence-electron chi connectivity index (χ0n) is 10.3. The fraction of sp³-hybridized carbons (Fsp3) is 0.250. The van der Waals surface area contributed by atoms with Gasteiger partial charge in [0, 0.05) is 6.54 Å². The second-order valence-electron chi connectivity index (χ2n) is 3.67. The number of nitrogens with zero attached hydrogens (tertiary/aromatic N) is 1. The van der Waals surface area contributed by atoms with Gasteiger partial charge in [0.25, 0.3) is 0 Å². The van der Waals surface area contributed by atoms with Crippen molar-refractivity contribution in [3.63, 3.8) is 0 Å². The van der Waals surface area contributed by atoms with Gasteiger partial charge in [0.1, 0.15) is 0 Å². The van der Waals surface area contributed by atoms with E-state index in [1.54, 1.807) is 25.1 Å². The summed E-state index contributed by atoms with van der Waals surface area (Å²) in [7, 11) is 0. The molecular weight excluding hydrogens is 250 g/mol. The van der Waals surface area contributed by atoms with Crippen LogP contribution in [-0.4, -0.2) is 31.4 Å². The lowest BCUT2D eigenvalue weighted by Gasteiger charge is -2.00. The molecule has 0 bridgehead atoms. The molecule has 100 valence electrons. The molecule has 1 aromatic rings. The first-order valence-electron chi connectivity index (χ1n) is 5.71. The van der Waals surface area contributed by atoms with Crippen molar-refractivity contribution in [1.29, 1.82) is 0 Å². The van der Waals surface area contributed by atoms with Gasteiger partial charge in [0.15, 0.2) is 11.5 Å². The fourth-order valence-electron chi connectivity index (χ4n) is 1.45. The van der Waals surface area contributed by atoms with Crippen LogP contribution in [-0.2, 0) is 9.59 Å². The summed E-state index contributed by atoms with van der Waals surface area (Å²) in [5.74, 6) is -0.230. The molecule has 19 heavy (non-hydrogen) atoms. The van der Waals surface area contributed by atoms with Gasteiger partial charge in [0.2, 0.25) is 6.79 Å². The predicted molar refractivity (Wildman–Crippen MR) is 67.0 cm³/mol. The maximum absolute atomic E-state index is 11.2. The third-order valence-corrected chi connectivity index (χ3v) is 2.32. The summed E-state index contributed by atoms with van der Waals surface area (Å²) in [6.45, 7) is 2.31. The maximum Gasteiger partial charge on any atom is 0.329 e. The molecule has 1 aromatic carbocycles. The molecule has 2 amide bonds. The SMILES string of the molecule is CCNC(=O)C(=O)N/N=C/c1ccc2c(c1)OCO2. The van der Waals surface area contributed by atoms with Gasteiger partial charge in [-0.3, -0.25) is 9.59 Å². The van der Waals surface area contributed by atoms with Gasteiger partial charge in [-0.2, -0.15) is 5.10 Å². The van der Waals surface area contributed by atoms with Crippen LogP contribution in [0.4, 0.5) is 0 Å². The first-order valence-corrected chi connectivity index (χ1v) is 5.71. The van der Waals surface area contributed by atoms with Crippen LogP contribution in [0, 0.1) is 0 Å². The Morgan fingerprint density at radius 3 is 2.89 bits per heavy atom. The highest BCUT2D eigenvalue weighted by atomic mass is 16.7. The summed E-state index contributed by atoms with van der Waals surface area (Å²) in [6.07, 6.45) is 1.42. The summed E-state index contributed by atoms with van der Waals surface area (Å²) in [5, 5.41) is 6.06. The molecule has 1 heterocycles. The highest BCUT2D eigenvalue weighted by molar-refractivity contribution is 6.35. The Bertz CT molecular complexity index is 528. The van der Waals surface area contributed by atoms with E-state index in [-0.39, 0.29) is 6.79 Å². The monoisotopic (exact) mass is 263 g/mol. The van der Waals surface area contributed by atoms with Gasteiger partial charge < -0.3 is 14.8 Å². The van der Waals surface area contributed by atoms with Crippen molar-refractivity contribution in [1.82, 2.24) is 10.7 Å². The van der Waals surface area contributed by atoms with Crippen LogP contribution in [0.25, 0.3) is 0 Å². The summed E-state index contributed by atoms with van der Waals surface area (Å²) in [4.78, 5) is 22.3. The molecule has 0 unspecified atom stereocenters. The Labute approximate surface area is 109 Å². The smallest absolute Gasteiger partial charge is 0.329 e. The number of ether oxygens (including phenoxy) is 2. The number of carbonyl (C=O) groups excluding carboxylic acids is 2. The summed E-state index contributed by atoms with van der Waals surface area (Å²) in [6, 6.07) is 5.23. The zero-order chi connectivity index (χ0) is 13.7. The van der Waals surface area contributed by atoms with E-state index < -0.39 is 11.8 Å². The normalized spacial score (nSPS) is 12.5. The number of carbonyl (C=O) groups is 2. The molecule has 1 aliphatic heterocycles. The van der Waals surface area contributed by atoms with Crippen molar-refractivity contribution >= 4 is 18.0 Å². The summed E-state index contributed by atoms with van der Waals surface area (Å²) in [5.41, 5.74) is 2.85. The molecule has 0 radical (unpaired) electrons. The van der Waals surface area contributed by atoms with Crippen molar-refractivity contribution in [2.45, 2.75) is 6.92 Å². The van der Waals surface area contributed by atoms with Crippen molar-refractivity contribution in [3.05, 3.63) is 23.8 Å². The Hall–Kier alpha value is -2.57. The van der Waals surface area contributed by atoms with Crippen molar-refractivity contribution in [3.8, 4) is 11.5 Å². The second-order valence-corrected chi connectivity index (χ2v) is 3.67. The molecular formula is C12H13N3O4. The van der Waals surface area contributed by atoms with Crippen molar-refractivity contribution < 1.29 is 19.1 Å². The van der Waals surface area contributed by atoms with Gasteiger partial charge >= 0.3 is 11.8 Å². The first-order chi connectivity index (χ1) is 9.20. The van der Waals surface area contributed by atoms with E-state index in [2.05, 4.69) is 15.8 Å². The van der Waals surface area contributed by atoms with Gasteiger partial charge in [-0.1, -0.05) is 0 Å². The lowest BCUT2D eigenvalue weighted by molar-refractivity contribution is -0.139. The Balaban J connectivity index is 1.92. The minimum atomic E-state index is -0.807. The third kappa shape index (κ3) is 3.21. The van der Waals surface area contributed by atoms with Crippen LogP contribution in [0.2, 0.25) is 0 Å². The number of benzene rings is 1. The van der Waals surface area contributed by atoms with Crippen molar-refractivity contribution in [2.24, 2.45) is 5.10 Å². The van der Waals surface area contributed by atoms with E-state index in [0.29, 0.717) is 18.0 Å². The molecule has 2 N–H and O–H groups in total. The van der Waals surface area contributed by atoms with Gasteiger partial charge in [-0.25, -0.2) is 5.43 Å². The number of rotatable bonds is 3. The third-order valence-electron chi connectivity index (χ3n) is 2.32. The number of nitrogens with one attached hydrogen (secondary N) is 2. The number of fused-ring (bicyclic) bond motifs is 1. The lowest BCUT2D eigenvalue weighted by atomic mass is 10.2. The largest absolute Gasteiger partial charge is 0.454 e. The predicted octanol–water partition coefficient (Wildman–Crippen LogP) is 0.00150. The number of hydrogen-bond donors (Lipinski definition) is 2. The van der Waals surface area contributed by atoms with Crippen LogP contribution in [0.5, 0.6) is 11.5 Å². The van der Waals surface area contributed by atoms with Crippen molar-refractivity contribution in [2.75, 3.05) is 13.3 Å². The molecule has 0 atom stereocenters. The van der Waals surface area contributed by atoms with Crippen LogP contribution < -0.4 is 20.2 Å². The van der Waals surface area contributed by atoms with Gasteiger partial charge in [0.05, 0.1) is 6.21 Å². The van der Waals surface area contributed by atoms with E-state index in [0.717, 1.165) is 5.56 Å². The Morgan fingerprint density at radius 2 is 2.11 bits per heavy atom. The molecule has 7 heteroatoms. The molecule has 0 saturated heterocycles. The number of amides is 2. The standard InChI is InChI=1S/C12H13N3O4/c1-2-13-11(16)12(17)15-14-6-8-3-4-9-10(5-8)19-7-18-9/h3-6H,2,7H2,1H3,(H,13,16)(H,15,17)/b14-6+. The van der Waals surface area contributed by atoms with Gasteiger partial charge in [-0.15, -0.1) is 0 Å². The van der Waals surface area contributed by atoms with Crippen LogP contribution >= 0.6 is 0 Å². The highest BCUT2D eigenvalue weighted by Crippen LogP contribution is 2.31. The average Bonchev–Trinajstić information content (AvgIpc) is 2.86. The minimum absolute atomic E-state index is 0.198. The topological polar surface area (TPSA) is 89.0 Å². The Kier molecular flexibility index (Phi) is 3.97. The molecule has 0 fully saturated rings. The summed E-state index contributed by atoms with van der Waals surface area (Å²) < 4.78 is 10.4. The zero-order valence-corrected chi connectivity index (χ0v) is 10.3. The van der Waals surface area contributed by atoms with E-state index in [9.17, 15) is 9.59 Å². The number of hydrazone groups is 1. The van der Waals surface area contributed by atoms with Crippen LogP contribution in [0.1, 0.15) is 12.5 Å². The van der Waals surface area contributed by atoms with Crippen LogP contribution in [0.3, 0.4) is 0 Å². The number of likely N-dealkylation sites (N-methyl/N-ethyl adjacent to an activating group) is 1. The molecule has 7 nitrogen and oxygen atoms in total. The molecule has 2 rings (SSSR count). The Morgan fingerprint density at radius 1 is 1.32 bits per heavy atom. The second kappa shape index (κ2) is 5.85. The van der Waals surface area contributed by atoms with Gasteiger partial charge in [-0.05, 0) is 30.7 Å². The summed E-state index contributed by atoms with van der Waals surface area (Å²) >= 11 is 0. The molecule has 0 aromatic heterocycles. The molecule has 1 aliphatic rings.